The maximum atomic E-state index is 9.55. The lowest BCUT2D eigenvalue weighted by Crippen LogP contribution is -2.52. The molecule has 0 saturated carbocycles. The van der Waals surface area contributed by atoms with E-state index in [0.29, 0.717) is 18.3 Å². The van der Waals surface area contributed by atoms with E-state index in [9.17, 15) is 9.59 Å². The summed E-state index contributed by atoms with van der Waals surface area (Å²) >= 11 is 0. The second-order valence-corrected chi connectivity index (χ2v) is 6.65. The summed E-state index contributed by atoms with van der Waals surface area (Å²) in [6.45, 7) is 3.56. The van der Waals surface area contributed by atoms with Gasteiger partial charge < -0.3 is 14.9 Å². The fraction of sp³-hybridized carbons (Fsp3) is 0.350. The van der Waals surface area contributed by atoms with Crippen LogP contribution in [0.25, 0.3) is 10.9 Å². The van der Waals surface area contributed by atoms with Crippen LogP contribution in [0, 0.1) is 5.92 Å². The number of hydrogen-bond acceptors (Lipinski definition) is 5. The van der Waals surface area contributed by atoms with Gasteiger partial charge >= 0.3 is 11.9 Å². The van der Waals surface area contributed by atoms with E-state index in [0.717, 1.165) is 23.9 Å². The Bertz CT molecular complexity index is 827. The van der Waals surface area contributed by atoms with Crippen LogP contribution >= 0.6 is 0 Å². The van der Waals surface area contributed by atoms with Crippen molar-refractivity contribution in [1.29, 1.82) is 0 Å². The fourth-order valence-corrected chi connectivity index (χ4v) is 3.45. The van der Waals surface area contributed by atoms with Gasteiger partial charge in [0, 0.05) is 30.1 Å². The topological polar surface area (TPSA) is 100.0 Å². The van der Waals surface area contributed by atoms with Crippen molar-refractivity contribution in [2.75, 3.05) is 19.6 Å². The zero-order valence-electron chi connectivity index (χ0n) is 14.8. The molecule has 0 spiro atoms. The molecule has 1 aromatic heterocycles. The quantitative estimate of drug-likeness (QED) is 0.797. The number of aromatic nitrogens is 1. The number of para-hydroxylation sites is 1. The highest BCUT2D eigenvalue weighted by atomic mass is 16.5. The number of hydrogen-bond donors (Lipinski definition) is 2. The molecule has 0 amide bonds. The molecule has 27 heavy (non-hydrogen) atoms. The van der Waals surface area contributed by atoms with E-state index in [-0.39, 0.29) is 0 Å². The average molecular weight is 370 g/mol. The molecular formula is C20H22N2O5. The maximum Gasteiger partial charge on any atom is 0.328 e. The van der Waals surface area contributed by atoms with Crippen LogP contribution in [0.4, 0.5) is 0 Å². The van der Waals surface area contributed by atoms with E-state index in [4.69, 9.17) is 14.9 Å². The summed E-state index contributed by atoms with van der Waals surface area (Å²) in [4.78, 5) is 26.2. The third kappa shape index (κ3) is 5.27. The first-order valence-electron chi connectivity index (χ1n) is 8.90. The van der Waals surface area contributed by atoms with Crippen molar-refractivity contribution in [3.05, 3.63) is 48.6 Å². The lowest BCUT2D eigenvalue weighted by molar-refractivity contribution is -0.134. The molecule has 142 valence electrons. The van der Waals surface area contributed by atoms with Crippen molar-refractivity contribution < 1.29 is 24.5 Å². The second kappa shape index (κ2) is 8.64. The highest BCUT2D eigenvalue weighted by molar-refractivity contribution is 5.89. The van der Waals surface area contributed by atoms with Gasteiger partial charge in [0.05, 0.1) is 5.52 Å². The van der Waals surface area contributed by atoms with Crippen LogP contribution in [0.5, 0.6) is 5.88 Å². The number of piperidine rings is 3. The van der Waals surface area contributed by atoms with E-state index in [2.05, 4.69) is 22.0 Å². The molecule has 2 bridgehead atoms. The summed E-state index contributed by atoms with van der Waals surface area (Å²) in [6, 6.07) is 12.3. The second-order valence-electron chi connectivity index (χ2n) is 6.65. The number of carboxylic acids is 2. The number of nitrogens with zero attached hydrogens (tertiary/aromatic N) is 2. The van der Waals surface area contributed by atoms with Crippen molar-refractivity contribution in [3.63, 3.8) is 0 Å². The molecule has 0 radical (unpaired) electrons. The van der Waals surface area contributed by atoms with Gasteiger partial charge in [0.25, 0.3) is 0 Å². The van der Waals surface area contributed by atoms with Crippen LogP contribution < -0.4 is 4.74 Å². The normalized spacial score (nSPS) is 23.6. The Balaban J connectivity index is 0.000000226. The number of carboxylic acid groups (broad SMARTS) is 2. The summed E-state index contributed by atoms with van der Waals surface area (Å²) < 4.78 is 6.14. The number of rotatable bonds is 4. The average Bonchev–Trinajstić information content (AvgIpc) is 2.68. The molecule has 1 atom stereocenters. The first-order valence-corrected chi connectivity index (χ1v) is 8.90. The Morgan fingerprint density at radius 2 is 1.70 bits per heavy atom. The molecule has 3 aliphatic heterocycles. The van der Waals surface area contributed by atoms with E-state index in [1.165, 1.54) is 31.3 Å². The lowest BCUT2D eigenvalue weighted by atomic mass is 9.86. The molecule has 3 aliphatic rings. The smallest absolute Gasteiger partial charge is 0.328 e. The SMILES string of the molecule is O=C(O)/C=C/C(=O)O.c1ccc2nc(OC3CN4CCC3CC4)ccc2c1. The first kappa shape index (κ1) is 18.8. The highest BCUT2D eigenvalue weighted by Crippen LogP contribution is 2.30. The summed E-state index contributed by atoms with van der Waals surface area (Å²) in [6.07, 6.45) is 4.00. The van der Waals surface area contributed by atoms with Gasteiger partial charge in [0.2, 0.25) is 5.88 Å². The fourth-order valence-electron chi connectivity index (χ4n) is 3.45. The van der Waals surface area contributed by atoms with E-state index in [1.54, 1.807) is 0 Å². The molecule has 3 fully saturated rings. The van der Waals surface area contributed by atoms with Gasteiger partial charge in [0.1, 0.15) is 6.10 Å². The minimum absolute atomic E-state index is 0.330. The molecule has 3 saturated heterocycles. The number of ether oxygens (including phenoxy) is 1. The molecule has 1 unspecified atom stereocenters. The summed E-state index contributed by atoms with van der Waals surface area (Å²) in [5.41, 5.74) is 1.02. The third-order valence-electron chi connectivity index (χ3n) is 4.81. The predicted octanol–water partition coefficient (Wildman–Crippen LogP) is 2.42. The lowest BCUT2D eigenvalue weighted by Gasteiger charge is -2.44. The first-order chi connectivity index (χ1) is 13.0. The van der Waals surface area contributed by atoms with Gasteiger partial charge in [-0.15, -0.1) is 0 Å². The van der Waals surface area contributed by atoms with Crippen molar-refractivity contribution in [1.82, 2.24) is 9.88 Å². The molecule has 7 heteroatoms. The highest BCUT2D eigenvalue weighted by Gasteiger charge is 2.35. The molecule has 0 aliphatic carbocycles. The number of pyridine rings is 1. The van der Waals surface area contributed by atoms with Gasteiger partial charge in [-0.2, -0.15) is 0 Å². The number of benzene rings is 1. The van der Waals surface area contributed by atoms with E-state index < -0.39 is 11.9 Å². The third-order valence-corrected chi connectivity index (χ3v) is 4.81. The Labute approximate surface area is 156 Å². The monoisotopic (exact) mass is 370 g/mol. The van der Waals surface area contributed by atoms with Crippen LogP contribution in [0.15, 0.2) is 48.6 Å². The standard InChI is InChI=1S/C16H18N2O.C4H4O4/c1-2-4-14-12(3-1)5-6-16(17-14)19-15-11-18-9-7-13(15)8-10-18;5-3(6)1-2-4(7)8/h1-6,13,15H,7-11H2;1-2H,(H,5,6)(H,7,8)/b;2-1+. The molecule has 1 aromatic carbocycles. The zero-order valence-corrected chi connectivity index (χ0v) is 14.8. The van der Waals surface area contributed by atoms with Gasteiger partial charge in [-0.05, 0) is 44.0 Å². The molecule has 2 N–H and O–H groups in total. The summed E-state index contributed by atoms with van der Waals surface area (Å²) in [5.74, 6) is -1.02. The summed E-state index contributed by atoms with van der Waals surface area (Å²) in [5, 5.41) is 16.8. The molecule has 5 rings (SSSR count). The maximum absolute atomic E-state index is 9.55. The van der Waals surface area contributed by atoms with E-state index in [1.807, 2.05) is 24.3 Å². The van der Waals surface area contributed by atoms with Gasteiger partial charge in [0.15, 0.2) is 0 Å². The minimum atomic E-state index is -1.26. The minimum Gasteiger partial charge on any atom is -0.478 e. The zero-order chi connectivity index (χ0) is 19.2. The molecule has 4 heterocycles. The van der Waals surface area contributed by atoms with Crippen molar-refractivity contribution in [2.45, 2.75) is 18.9 Å². The van der Waals surface area contributed by atoms with E-state index >= 15 is 0 Å². The van der Waals surface area contributed by atoms with Crippen LogP contribution in [-0.4, -0.2) is 57.8 Å². The van der Waals surface area contributed by atoms with Crippen LogP contribution in [0.2, 0.25) is 0 Å². The molecule has 7 nitrogen and oxygen atoms in total. The van der Waals surface area contributed by atoms with Crippen molar-refractivity contribution in [3.8, 4) is 5.88 Å². The molecule has 2 aromatic rings. The largest absolute Gasteiger partial charge is 0.478 e. The van der Waals surface area contributed by atoms with Crippen LogP contribution in [-0.2, 0) is 9.59 Å². The van der Waals surface area contributed by atoms with Crippen LogP contribution in [0.1, 0.15) is 12.8 Å². The Morgan fingerprint density at radius 1 is 1.04 bits per heavy atom. The number of fused-ring (bicyclic) bond motifs is 4. The summed E-state index contributed by atoms with van der Waals surface area (Å²) in [7, 11) is 0. The number of aliphatic carboxylic acids is 2. The van der Waals surface area contributed by atoms with Gasteiger partial charge in [-0.3, -0.25) is 4.90 Å². The van der Waals surface area contributed by atoms with Gasteiger partial charge in [-0.25, -0.2) is 14.6 Å². The Hall–Kier alpha value is -2.93. The van der Waals surface area contributed by atoms with Crippen LogP contribution in [0.3, 0.4) is 0 Å². The number of carbonyl (C=O) groups is 2. The Kier molecular flexibility index (Phi) is 6.03. The predicted molar refractivity (Wildman–Crippen MR) is 99.7 cm³/mol. The Morgan fingerprint density at radius 3 is 2.30 bits per heavy atom. The van der Waals surface area contributed by atoms with Crippen molar-refractivity contribution >= 4 is 22.8 Å². The molecular weight excluding hydrogens is 348 g/mol. The van der Waals surface area contributed by atoms with Crippen molar-refractivity contribution in [2.24, 2.45) is 5.92 Å². The van der Waals surface area contributed by atoms with Gasteiger partial charge in [-0.1, -0.05) is 18.2 Å².